The van der Waals surface area contributed by atoms with Crippen LogP contribution in [0.1, 0.15) is 22.5 Å². The molecule has 0 atom stereocenters. The molecular weight excluding hydrogens is 298 g/mol. The van der Waals surface area contributed by atoms with Crippen LogP contribution in [0.15, 0.2) is 41.2 Å². The molecule has 0 saturated heterocycles. The average Bonchev–Trinajstić information content (AvgIpc) is 2.55. The highest BCUT2D eigenvalue weighted by atomic mass is 16.2. The predicted molar refractivity (Wildman–Crippen MR) is 81.3 cm³/mol. The highest BCUT2D eigenvalue weighted by Crippen LogP contribution is 2.15. The van der Waals surface area contributed by atoms with Crippen molar-refractivity contribution in [1.29, 1.82) is 5.26 Å². The van der Waals surface area contributed by atoms with Gasteiger partial charge in [-0.05, 0) is 17.7 Å². The number of para-hydroxylation sites is 1. The van der Waals surface area contributed by atoms with E-state index in [0.29, 0.717) is 11.3 Å². The Hall–Kier alpha value is -3.47. The number of nitriles is 1. The molecule has 0 aliphatic rings. The van der Waals surface area contributed by atoms with Crippen LogP contribution >= 0.6 is 0 Å². The molecule has 23 heavy (non-hydrogen) atoms. The Morgan fingerprint density at radius 3 is 2.70 bits per heavy atom. The maximum absolute atomic E-state index is 12.1. The molecule has 2 amide bonds. The highest BCUT2D eigenvalue weighted by Gasteiger charge is 2.11. The highest BCUT2D eigenvalue weighted by molar-refractivity contribution is 6.03. The molecule has 0 saturated carbocycles. The SMILES string of the molecule is N#CCC(=O)NCc1ccccc1NC(=O)c1ccc(=O)[nH]n1. The van der Waals surface area contributed by atoms with E-state index < -0.39 is 17.4 Å². The van der Waals surface area contributed by atoms with E-state index in [1.54, 1.807) is 30.3 Å². The van der Waals surface area contributed by atoms with Crippen molar-refractivity contribution in [3.8, 4) is 6.07 Å². The third-order valence-corrected chi connectivity index (χ3v) is 2.89. The molecule has 3 N–H and O–H groups in total. The van der Waals surface area contributed by atoms with E-state index in [1.807, 2.05) is 0 Å². The molecule has 0 bridgehead atoms. The van der Waals surface area contributed by atoms with Crippen molar-refractivity contribution in [3.05, 3.63) is 58.0 Å². The quantitative estimate of drug-likeness (QED) is 0.743. The summed E-state index contributed by atoms with van der Waals surface area (Å²) in [5.41, 5.74) is 0.842. The Balaban J connectivity index is 2.09. The molecule has 0 radical (unpaired) electrons. The smallest absolute Gasteiger partial charge is 0.276 e. The van der Waals surface area contributed by atoms with Crippen molar-refractivity contribution in [2.45, 2.75) is 13.0 Å². The maximum atomic E-state index is 12.1. The second kappa shape index (κ2) is 7.51. The van der Waals surface area contributed by atoms with Gasteiger partial charge in [0.1, 0.15) is 12.1 Å². The number of H-pyrrole nitrogens is 1. The fraction of sp³-hybridized carbons (Fsp3) is 0.133. The Labute approximate surface area is 131 Å². The fourth-order valence-corrected chi connectivity index (χ4v) is 1.78. The van der Waals surface area contributed by atoms with E-state index >= 15 is 0 Å². The molecule has 1 heterocycles. The number of nitrogens with one attached hydrogen (secondary N) is 3. The minimum Gasteiger partial charge on any atom is -0.351 e. The van der Waals surface area contributed by atoms with Crippen molar-refractivity contribution >= 4 is 17.5 Å². The lowest BCUT2D eigenvalue weighted by Gasteiger charge is -2.11. The second-order valence-corrected chi connectivity index (χ2v) is 4.53. The summed E-state index contributed by atoms with van der Waals surface area (Å²) < 4.78 is 0. The Bertz CT molecular complexity index is 802. The van der Waals surface area contributed by atoms with Crippen molar-refractivity contribution < 1.29 is 9.59 Å². The van der Waals surface area contributed by atoms with Gasteiger partial charge in [0.25, 0.3) is 11.5 Å². The van der Waals surface area contributed by atoms with Gasteiger partial charge in [-0.15, -0.1) is 0 Å². The molecule has 2 aromatic rings. The van der Waals surface area contributed by atoms with E-state index in [-0.39, 0.29) is 18.7 Å². The van der Waals surface area contributed by atoms with Crippen LogP contribution in [0.4, 0.5) is 5.69 Å². The van der Waals surface area contributed by atoms with E-state index in [2.05, 4.69) is 20.8 Å². The second-order valence-electron chi connectivity index (χ2n) is 4.53. The molecule has 1 aromatic heterocycles. The van der Waals surface area contributed by atoms with Crippen molar-refractivity contribution in [2.24, 2.45) is 0 Å². The predicted octanol–water partition coefficient (Wildman–Crippen LogP) is 0.552. The number of benzene rings is 1. The largest absolute Gasteiger partial charge is 0.351 e. The van der Waals surface area contributed by atoms with Crippen LogP contribution in [0.25, 0.3) is 0 Å². The first-order valence-corrected chi connectivity index (χ1v) is 6.69. The van der Waals surface area contributed by atoms with Gasteiger partial charge in [-0.25, -0.2) is 5.10 Å². The van der Waals surface area contributed by atoms with E-state index in [9.17, 15) is 14.4 Å². The minimum absolute atomic E-state index is 0.0629. The van der Waals surface area contributed by atoms with Crippen LogP contribution < -0.4 is 16.2 Å². The number of aromatic nitrogens is 2. The minimum atomic E-state index is -0.489. The lowest BCUT2D eigenvalue weighted by molar-refractivity contribution is -0.120. The summed E-state index contributed by atoms with van der Waals surface area (Å²) in [5, 5.41) is 19.5. The molecule has 0 unspecified atom stereocenters. The maximum Gasteiger partial charge on any atom is 0.276 e. The summed E-state index contributed by atoms with van der Waals surface area (Å²) in [4.78, 5) is 34.4. The van der Waals surface area contributed by atoms with Crippen molar-refractivity contribution in [3.63, 3.8) is 0 Å². The third-order valence-electron chi connectivity index (χ3n) is 2.89. The van der Waals surface area contributed by atoms with Gasteiger partial charge < -0.3 is 10.6 Å². The monoisotopic (exact) mass is 311 g/mol. The fourth-order valence-electron chi connectivity index (χ4n) is 1.78. The number of anilines is 1. The van der Waals surface area contributed by atoms with Gasteiger partial charge in [0.15, 0.2) is 0 Å². The zero-order valence-corrected chi connectivity index (χ0v) is 12.0. The average molecular weight is 311 g/mol. The first kappa shape index (κ1) is 15.9. The topological polar surface area (TPSA) is 128 Å². The van der Waals surface area contributed by atoms with Crippen LogP contribution in [-0.4, -0.2) is 22.0 Å². The zero-order chi connectivity index (χ0) is 16.7. The summed E-state index contributed by atoms with van der Waals surface area (Å²) in [6.07, 6.45) is -0.226. The first-order chi connectivity index (χ1) is 11.1. The number of aromatic amines is 1. The Morgan fingerprint density at radius 1 is 1.22 bits per heavy atom. The van der Waals surface area contributed by atoms with Gasteiger partial charge >= 0.3 is 0 Å². The zero-order valence-electron chi connectivity index (χ0n) is 12.0. The normalized spacial score (nSPS) is 9.70. The van der Waals surface area contributed by atoms with Gasteiger partial charge in [-0.1, -0.05) is 18.2 Å². The molecule has 0 spiro atoms. The molecule has 0 aliphatic carbocycles. The Kier molecular flexibility index (Phi) is 5.20. The standard InChI is InChI=1S/C15H13N5O3/c16-8-7-13(21)17-9-10-3-1-2-4-11(10)18-15(23)12-5-6-14(22)20-19-12/h1-6H,7,9H2,(H,17,21)(H,18,23)(H,20,22). The summed E-state index contributed by atoms with van der Waals surface area (Å²) in [6, 6.07) is 11.2. The van der Waals surface area contributed by atoms with Gasteiger partial charge in [0, 0.05) is 18.3 Å². The summed E-state index contributed by atoms with van der Waals surface area (Å²) >= 11 is 0. The molecule has 1 aromatic carbocycles. The Morgan fingerprint density at radius 2 is 2.00 bits per heavy atom. The first-order valence-electron chi connectivity index (χ1n) is 6.69. The van der Waals surface area contributed by atoms with Crippen LogP contribution in [0.5, 0.6) is 0 Å². The summed E-state index contributed by atoms with van der Waals surface area (Å²) in [7, 11) is 0. The lowest BCUT2D eigenvalue weighted by Crippen LogP contribution is -2.23. The van der Waals surface area contributed by atoms with Crippen molar-refractivity contribution in [1.82, 2.24) is 15.5 Å². The van der Waals surface area contributed by atoms with E-state index in [1.165, 1.54) is 12.1 Å². The van der Waals surface area contributed by atoms with E-state index in [4.69, 9.17) is 5.26 Å². The molecule has 2 rings (SSSR count). The van der Waals surface area contributed by atoms with Crippen molar-refractivity contribution in [2.75, 3.05) is 5.32 Å². The van der Waals surface area contributed by atoms with Gasteiger partial charge in [0.05, 0.1) is 6.07 Å². The molecule has 0 aliphatic heterocycles. The molecule has 8 heteroatoms. The van der Waals surface area contributed by atoms with Crippen LogP contribution in [0.3, 0.4) is 0 Å². The summed E-state index contributed by atoms with van der Waals surface area (Å²) in [6.45, 7) is 0.177. The van der Waals surface area contributed by atoms with Gasteiger partial charge in [-0.2, -0.15) is 10.4 Å². The number of hydrogen-bond acceptors (Lipinski definition) is 5. The number of nitrogens with zero attached hydrogens (tertiary/aromatic N) is 2. The number of amides is 2. The van der Waals surface area contributed by atoms with E-state index in [0.717, 1.165) is 0 Å². The van der Waals surface area contributed by atoms with Gasteiger partial charge in [0.2, 0.25) is 5.91 Å². The van der Waals surface area contributed by atoms with Crippen LogP contribution in [0, 0.1) is 11.3 Å². The number of carbonyl (C=O) groups is 2. The number of rotatable bonds is 5. The number of hydrogen-bond donors (Lipinski definition) is 3. The molecule has 0 fully saturated rings. The summed E-state index contributed by atoms with van der Waals surface area (Å²) in [5.74, 6) is -0.881. The molecule has 8 nitrogen and oxygen atoms in total. The van der Waals surface area contributed by atoms with Crippen LogP contribution in [0.2, 0.25) is 0 Å². The van der Waals surface area contributed by atoms with Gasteiger partial charge in [-0.3, -0.25) is 14.4 Å². The molecule has 116 valence electrons. The lowest BCUT2D eigenvalue weighted by atomic mass is 10.1. The number of carbonyl (C=O) groups excluding carboxylic acids is 2. The molecular formula is C15H13N5O3. The van der Waals surface area contributed by atoms with Crippen LogP contribution in [-0.2, 0) is 11.3 Å². The third kappa shape index (κ3) is 4.50.